The predicted molar refractivity (Wildman–Crippen MR) is 109 cm³/mol. The zero-order valence-corrected chi connectivity index (χ0v) is 16.5. The molecule has 6 heteroatoms. The monoisotopic (exact) mass is 470 g/mol. The van der Waals surface area contributed by atoms with Gasteiger partial charge in [-0.15, -0.1) is 0 Å². The molecule has 26 heavy (non-hydrogen) atoms. The minimum atomic E-state index is 0.192. The van der Waals surface area contributed by atoms with Crippen molar-refractivity contribution in [1.29, 1.82) is 0 Å². The summed E-state index contributed by atoms with van der Waals surface area (Å²) in [6, 6.07) is 17.6. The van der Waals surface area contributed by atoms with Crippen molar-refractivity contribution in [3.63, 3.8) is 0 Å². The summed E-state index contributed by atoms with van der Waals surface area (Å²) in [5, 5.41) is 19.2. The van der Waals surface area contributed by atoms with E-state index in [2.05, 4.69) is 31.9 Å². The highest BCUT2D eigenvalue weighted by molar-refractivity contribution is 9.11. The van der Waals surface area contributed by atoms with Gasteiger partial charge in [0.1, 0.15) is 22.5 Å². The Hall–Kier alpha value is -2.44. The molecule has 0 spiro atoms. The van der Waals surface area contributed by atoms with Gasteiger partial charge in [0.05, 0.1) is 11.4 Å². The van der Waals surface area contributed by atoms with Crippen LogP contribution in [0.2, 0.25) is 0 Å². The van der Waals surface area contributed by atoms with Gasteiger partial charge in [-0.25, -0.2) is 9.97 Å². The number of aromatic hydroxyl groups is 2. The standard InChI is InChI=1S/C20H12Br2N2O2/c21-15-9-10-16(22)20-19(15)23-17(11-1-5-13(25)6-2-11)18(24-20)12-3-7-14(26)8-4-12/h1-10,25-26H. The second-order valence-electron chi connectivity index (χ2n) is 5.74. The van der Waals surface area contributed by atoms with E-state index in [-0.39, 0.29) is 11.5 Å². The van der Waals surface area contributed by atoms with Crippen molar-refractivity contribution in [3.05, 3.63) is 69.6 Å². The quantitative estimate of drug-likeness (QED) is 0.382. The van der Waals surface area contributed by atoms with Gasteiger partial charge in [0.25, 0.3) is 0 Å². The second-order valence-corrected chi connectivity index (χ2v) is 7.45. The van der Waals surface area contributed by atoms with Gasteiger partial charge in [-0.1, -0.05) is 0 Å². The zero-order chi connectivity index (χ0) is 18.3. The number of halogens is 2. The highest BCUT2D eigenvalue weighted by Gasteiger charge is 2.16. The molecule has 0 fully saturated rings. The Morgan fingerprint density at radius 2 is 0.885 bits per heavy atom. The summed E-state index contributed by atoms with van der Waals surface area (Å²) >= 11 is 7.09. The molecule has 0 amide bonds. The summed E-state index contributed by atoms with van der Waals surface area (Å²) < 4.78 is 1.70. The van der Waals surface area contributed by atoms with E-state index >= 15 is 0 Å². The Morgan fingerprint density at radius 1 is 0.538 bits per heavy atom. The molecule has 1 aromatic heterocycles. The summed E-state index contributed by atoms with van der Waals surface area (Å²) in [5.74, 6) is 0.384. The van der Waals surface area contributed by atoms with Crippen molar-refractivity contribution in [2.45, 2.75) is 0 Å². The molecule has 3 aromatic carbocycles. The number of nitrogens with zero attached hydrogens (tertiary/aromatic N) is 2. The number of phenols is 2. The van der Waals surface area contributed by atoms with Crippen molar-refractivity contribution in [2.75, 3.05) is 0 Å². The topological polar surface area (TPSA) is 66.2 Å². The lowest BCUT2D eigenvalue weighted by Crippen LogP contribution is -1.96. The summed E-state index contributed by atoms with van der Waals surface area (Å²) in [6.45, 7) is 0. The molecular formula is C20H12Br2N2O2. The van der Waals surface area contributed by atoms with Crippen LogP contribution in [0, 0.1) is 0 Å². The van der Waals surface area contributed by atoms with Gasteiger partial charge in [0, 0.05) is 20.1 Å². The molecule has 0 aliphatic heterocycles. The number of aromatic nitrogens is 2. The highest BCUT2D eigenvalue weighted by Crippen LogP contribution is 2.36. The van der Waals surface area contributed by atoms with Crippen LogP contribution in [-0.4, -0.2) is 20.2 Å². The molecule has 128 valence electrons. The van der Waals surface area contributed by atoms with Crippen LogP contribution in [0.3, 0.4) is 0 Å². The Kier molecular flexibility index (Phi) is 4.38. The van der Waals surface area contributed by atoms with Crippen LogP contribution in [0.15, 0.2) is 69.6 Å². The molecule has 4 rings (SSSR count). The summed E-state index contributed by atoms with van der Waals surface area (Å²) in [6.07, 6.45) is 0. The lowest BCUT2D eigenvalue weighted by Gasteiger charge is -2.12. The summed E-state index contributed by atoms with van der Waals surface area (Å²) in [7, 11) is 0. The van der Waals surface area contributed by atoms with Crippen LogP contribution >= 0.6 is 31.9 Å². The third kappa shape index (κ3) is 3.06. The van der Waals surface area contributed by atoms with Crippen LogP contribution < -0.4 is 0 Å². The first-order chi connectivity index (χ1) is 12.5. The highest BCUT2D eigenvalue weighted by atomic mass is 79.9. The van der Waals surface area contributed by atoms with Crippen LogP contribution in [0.25, 0.3) is 33.5 Å². The fourth-order valence-corrected chi connectivity index (χ4v) is 3.53. The molecule has 0 radical (unpaired) electrons. The number of rotatable bonds is 2. The first-order valence-corrected chi connectivity index (χ1v) is 9.36. The first kappa shape index (κ1) is 17.0. The van der Waals surface area contributed by atoms with E-state index in [0.29, 0.717) is 11.4 Å². The molecule has 0 bridgehead atoms. The third-order valence-electron chi connectivity index (χ3n) is 4.01. The molecule has 4 nitrogen and oxygen atoms in total. The second kappa shape index (κ2) is 6.70. The molecule has 0 atom stereocenters. The molecule has 0 unspecified atom stereocenters. The van der Waals surface area contributed by atoms with Crippen LogP contribution in [0.5, 0.6) is 11.5 Å². The fraction of sp³-hybridized carbons (Fsp3) is 0. The normalized spacial score (nSPS) is 11.0. The van der Waals surface area contributed by atoms with Gasteiger partial charge in [0.15, 0.2) is 0 Å². The van der Waals surface area contributed by atoms with E-state index in [4.69, 9.17) is 9.97 Å². The Balaban J connectivity index is 2.06. The van der Waals surface area contributed by atoms with E-state index < -0.39 is 0 Å². The Bertz CT molecular complexity index is 1020. The van der Waals surface area contributed by atoms with E-state index in [1.165, 1.54) is 0 Å². The lowest BCUT2D eigenvalue weighted by molar-refractivity contribution is 0.475. The minimum Gasteiger partial charge on any atom is -0.508 e. The third-order valence-corrected chi connectivity index (χ3v) is 5.29. The Labute approximate surface area is 166 Å². The van der Waals surface area contributed by atoms with Gasteiger partial charge >= 0.3 is 0 Å². The minimum absolute atomic E-state index is 0.192. The van der Waals surface area contributed by atoms with Crippen molar-refractivity contribution in [1.82, 2.24) is 9.97 Å². The van der Waals surface area contributed by atoms with Gasteiger partial charge < -0.3 is 10.2 Å². The van der Waals surface area contributed by atoms with Crippen molar-refractivity contribution in [3.8, 4) is 34.0 Å². The maximum atomic E-state index is 9.60. The zero-order valence-electron chi connectivity index (χ0n) is 13.3. The molecule has 4 aromatic rings. The maximum absolute atomic E-state index is 9.60. The number of fused-ring (bicyclic) bond motifs is 1. The van der Waals surface area contributed by atoms with Gasteiger partial charge in [-0.05, 0) is 92.5 Å². The average Bonchev–Trinajstić information content (AvgIpc) is 2.65. The molecule has 0 aliphatic carbocycles. The van der Waals surface area contributed by atoms with Crippen molar-refractivity contribution >= 4 is 42.9 Å². The average molecular weight is 472 g/mol. The molecule has 0 saturated heterocycles. The van der Waals surface area contributed by atoms with Crippen LogP contribution in [0.1, 0.15) is 0 Å². The number of benzene rings is 3. The summed E-state index contributed by atoms with van der Waals surface area (Å²) in [4.78, 5) is 9.70. The Morgan fingerprint density at radius 3 is 1.23 bits per heavy atom. The fourth-order valence-electron chi connectivity index (χ4n) is 2.71. The number of phenolic OH excluding ortho intramolecular Hbond substituents is 2. The largest absolute Gasteiger partial charge is 0.508 e. The van der Waals surface area contributed by atoms with E-state index in [9.17, 15) is 10.2 Å². The number of hydrogen-bond acceptors (Lipinski definition) is 4. The van der Waals surface area contributed by atoms with Crippen LogP contribution in [0.4, 0.5) is 0 Å². The van der Waals surface area contributed by atoms with E-state index in [1.807, 2.05) is 12.1 Å². The predicted octanol–water partition coefficient (Wildman–Crippen LogP) is 5.90. The van der Waals surface area contributed by atoms with Crippen molar-refractivity contribution in [2.24, 2.45) is 0 Å². The van der Waals surface area contributed by atoms with E-state index in [1.54, 1.807) is 48.5 Å². The van der Waals surface area contributed by atoms with Crippen molar-refractivity contribution < 1.29 is 10.2 Å². The molecule has 2 N–H and O–H groups in total. The number of hydrogen-bond donors (Lipinski definition) is 2. The summed E-state index contributed by atoms with van der Waals surface area (Å²) in [5.41, 5.74) is 4.55. The van der Waals surface area contributed by atoms with E-state index in [0.717, 1.165) is 31.1 Å². The lowest BCUT2D eigenvalue weighted by atomic mass is 10.0. The van der Waals surface area contributed by atoms with Gasteiger partial charge in [0.2, 0.25) is 0 Å². The molecule has 0 saturated carbocycles. The molecular weight excluding hydrogens is 460 g/mol. The van der Waals surface area contributed by atoms with Crippen LogP contribution in [-0.2, 0) is 0 Å². The smallest absolute Gasteiger partial charge is 0.115 e. The van der Waals surface area contributed by atoms with Gasteiger partial charge in [-0.2, -0.15) is 0 Å². The maximum Gasteiger partial charge on any atom is 0.115 e. The molecule has 0 aliphatic rings. The SMILES string of the molecule is Oc1ccc(-c2nc3c(Br)ccc(Br)c3nc2-c2ccc(O)cc2)cc1. The first-order valence-electron chi connectivity index (χ1n) is 7.77. The molecule has 1 heterocycles. The van der Waals surface area contributed by atoms with Gasteiger partial charge in [-0.3, -0.25) is 0 Å².